The van der Waals surface area contributed by atoms with Crippen LogP contribution in [-0.4, -0.2) is 48.7 Å². The standard InChI is InChI=1S/C15H17F3N2O3/c16-15(17,18)11(10-4-2-1-3-5-10)8-13(21)20-6-7-23-12(9-20)14(19)22/h1-5,11-12H,6-9H2,(H2,19,22)/t11-,12+/m0/s1. The summed E-state index contributed by atoms with van der Waals surface area (Å²) in [6.07, 6.45) is -6.22. The molecule has 0 saturated carbocycles. The van der Waals surface area contributed by atoms with Crippen molar-refractivity contribution in [2.75, 3.05) is 19.7 Å². The van der Waals surface area contributed by atoms with Crippen LogP contribution in [0.2, 0.25) is 0 Å². The molecule has 23 heavy (non-hydrogen) atoms. The summed E-state index contributed by atoms with van der Waals surface area (Å²) in [6.45, 7) is 0.0941. The molecule has 1 saturated heterocycles. The van der Waals surface area contributed by atoms with E-state index in [1.54, 1.807) is 6.07 Å². The van der Waals surface area contributed by atoms with Gasteiger partial charge in [0.1, 0.15) is 0 Å². The van der Waals surface area contributed by atoms with Crippen LogP contribution in [0.4, 0.5) is 13.2 Å². The Bertz CT molecular complexity index is 563. The lowest BCUT2D eigenvalue weighted by Gasteiger charge is -2.32. The van der Waals surface area contributed by atoms with E-state index < -0.39 is 36.4 Å². The third kappa shape index (κ3) is 4.44. The summed E-state index contributed by atoms with van der Waals surface area (Å²) in [5.41, 5.74) is 5.14. The molecular formula is C15H17F3N2O3. The first kappa shape index (κ1) is 17.3. The molecule has 1 aromatic rings. The van der Waals surface area contributed by atoms with Gasteiger partial charge in [0.2, 0.25) is 11.8 Å². The number of hydrogen-bond acceptors (Lipinski definition) is 3. The molecule has 0 unspecified atom stereocenters. The quantitative estimate of drug-likeness (QED) is 0.908. The number of amides is 2. The highest BCUT2D eigenvalue weighted by Gasteiger charge is 2.43. The minimum atomic E-state index is -4.54. The lowest BCUT2D eigenvalue weighted by atomic mass is 9.94. The lowest BCUT2D eigenvalue weighted by Crippen LogP contribution is -2.50. The monoisotopic (exact) mass is 330 g/mol. The van der Waals surface area contributed by atoms with E-state index in [1.165, 1.54) is 29.2 Å². The van der Waals surface area contributed by atoms with Gasteiger partial charge in [0.05, 0.1) is 19.1 Å². The van der Waals surface area contributed by atoms with E-state index in [1.807, 2.05) is 0 Å². The zero-order valence-electron chi connectivity index (χ0n) is 12.3. The van der Waals surface area contributed by atoms with Gasteiger partial charge in [0.25, 0.3) is 0 Å². The highest BCUT2D eigenvalue weighted by Crippen LogP contribution is 2.37. The van der Waals surface area contributed by atoms with Crippen molar-refractivity contribution in [2.24, 2.45) is 5.73 Å². The Kier molecular flexibility index (Phi) is 5.25. The summed E-state index contributed by atoms with van der Waals surface area (Å²) in [7, 11) is 0. The van der Waals surface area contributed by atoms with Gasteiger partial charge in [-0.3, -0.25) is 9.59 Å². The molecule has 5 nitrogen and oxygen atoms in total. The first-order chi connectivity index (χ1) is 10.8. The number of nitrogens with zero attached hydrogens (tertiary/aromatic N) is 1. The molecule has 2 rings (SSSR count). The Labute approximate surface area is 131 Å². The summed E-state index contributed by atoms with van der Waals surface area (Å²) in [5, 5.41) is 0. The van der Waals surface area contributed by atoms with Gasteiger partial charge < -0.3 is 15.4 Å². The van der Waals surface area contributed by atoms with Gasteiger partial charge in [-0.2, -0.15) is 13.2 Å². The fourth-order valence-corrected chi connectivity index (χ4v) is 2.46. The summed E-state index contributed by atoms with van der Waals surface area (Å²) < 4.78 is 44.9. The molecule has 1 fully saturated rings. The van der Waals surface area contributed by atoms with Crippen molar-refractivity contribution in [3.63, 3.8) is 0 Å². The number of hydrogen-bond donors (Lipinski definition) is 1. The van der Waals surface area contributed by atoms with E-state index in [0.717, 1.165) is 0 Å². The van der Waals surface area contributed by atoms with Crippen LogP contribution in [0.1, 0.15) is 17.9 Å². The Morgan fingerprint density at radius 3 is 2.52 bits per heavy atom. The van der Waals surface area contributed by atoms with Crippen LogP contribution in [-0.2, 0) is 14.3 Å². The number of primary amides is 1. The van der Waals surface area contributed by atoms with Gasteiger partial charge in [-0.15, -0.1) is 0 Å². The van der Waals surface area contributed by atoms with Gasteiger partial charge in [-0.05, 0) is 5.56 Å². The number of carbonyl (C=O) groups is 2. The lowest BCUT2D eigenvalue weighted by molar-refractivity contribution is -0.164. The van der Waals surface area contributed by atoms with Crippen LogP contribution in [0.3, 0.4) is 0 Å². The topological polar surface area (TPSA) is 72.6 Å². The largest absolute Gasteiger partial charge is 0.396 e. The number of carbonyl (C=O) groups excluding carboxylic acids is 2. The third-order valence-corrected chi connectivity index (χ3v) is 3.71. The molecule has 2 amide bonds. The van der Waals surface area contributed by atoms with E-state index >= 15 is 0 Å². The Morgan fingerprint density at radius 1 is 1.30 bits per heavy atom. The average molecular weight is 330 g/mol. The van der Waals surface area contributed by atoms with E-state index in [0.29, 0.717) is 0 Å². The number of morpholine rings is 1. The normalized spacial score (nSPS) is 20.1. The summed E-state index contributed by atoms with van der Waals surface area (Å²) in [6, 6.07) is 7.29. The van der Waals surface area contributed by atoms with Crippen molar-refractivity contribution < 1.29 is 27.5 Å². The number of benzene rings is 1. The molecule has 1 heterocycles. The predicted molar refractivity (Wildman–Crippen MR) is 75.4 cm³/mol. The molecule has 2 atom stereocenters. The second kappa shape index (κ2) is 6.99. The van der Waals surface area contributed by atoms with Crippen LogP contribution in [0.25, 0.3) is 0 Å². The fraction of sp³-hybridized carbons (Fsp3) is 0.467. The first-order valence-corrected chi connectivity index (χ1v) is 7.09. The molecule has 2 N–H and O–H groups in total. The number of rotatable bonds is 4. The Hall–Kier alpha value is -2.09. The highest BCUT2D eigenvalue weighted by atomic mass is 19.4. The first-order valence-electron chi connectivity index (χ1n) is 7.09. The van der Waals surface area contributed by atoms with Crippen molar-refractivity contribution in [3.8, 4) is 0 Å². The number of alkyl halides is 3. The molecule has 1 aliphatic heterocycles. The molecule has 1 aromatic carbocycles. The zero-order valence-corrected chi connectivity index (χ0v) is 12.3. The van der Waals surface area contributed by atoms with Crippen molar-refractivity contribution >= 4 is 11.8 Å². The van der Waals surface area contributed by atoms with Crippen LogP contribution >= 0.6 is 0 Å². The second-order valence-corrected chi connectivity index (χ2v) is 5.31. The van der Waals surface area contributed by atoms with Crippen LogP contribution in [0.15, 0.2) is 30.3 Å². The molecule has 0 bridgehead atoms. The Balaban J connectivity index is 2.10. The molecular weight excluding hydrogens is 313 g/mol. The molecule has 0 aliphatic carbocycles. The zero-order chi connectivity index (χ0) is 17.0. The van der Waals surface area contributed by atoms with Gasteiger partial charge in [0, 0.05) is 13.0 Å². The summed E-state index contributed by atoms with van der Waals surface area (Å²) in [4.78, 5) is 24.5. The van der Waals surface area contributed by atoms with Crippen molar-refractivity contribution in [1.29, 1.82) is 0 Å². The smallest absolute Gasteiger partial charge is 0.367 e. The van der Waals surface area contributed by atoms with Gasteiger partial charge in [-0.25, -0.2) is 0 Å². The fourth-order valence-electron chi connectivity index (χ4n) is 2.46. The summed E-state index contributed by atoms with van der Waals surface area (Å²) >= 11 is 0. The molecule has 0 spiro atoms. The van der Waals surface area contributed by atoms with Gasteiger partial charge >= 0.3 is 6.18 Å². The van der Waals surface area contributed by atoms with Gasteiger partial charge in [-0.1, -0.05) is 30.3 Å². The van der Waals surface area contributed by atoms with Crippen LogP contribution < -0.4 is 5.73 Å². The SMILES string of the molecule is NC(=O)[C@H]1CN(C(=O)C[C@@H](c2ccccc2)C(F)(F)F)CCO1. The minimum Gasteiger partial charge on any atom is -0.367 e. The molecule has 8 heteroatoms. The van der Waals surface area contributed by atoms with Crippen molar-refractivity contribution in [3.05, 3.63) is 35.9 Å². The van der Waals surface area contributed by atoms with Crippen molar-refractivity contribution in [1.82, 2.24) is 4.90 Å². The number of ether oxygens (including phenoxy) is 1. The summed E-state index contributed by atoms with van der Waals surface area (Å²) in [5.74, 6) is -3.30. The maximum absolute atomic E-state index is 13.3. The molecule has 126 valence electrons. The average Bonchev–Trinajstić information content (AvgIpc) is 2.52. The number of nitrogens with two attached hydrogens (primary N) is 1. The van der Waals surface area contributed by atoms with Crippen molar-refractivity contribution in [2.45, 2.75) is 24.6 Å². The van der Waals surface area contributed by atoms with E-state index in [2.05, 4.69) is 0 Å². The van der Waals surface area contributed by atoms with Crippen LogP contribution in [0, 0.1) is 0 Å². The minimum absolute atomic E-state index is 0.0352. The van der Waals surface area contributed by atoms with E-state index in [9.17, 15) is 22.8 Å². The third-order valence-electron chi connectivity index (χ3n) is 3.71. The van der Waals surface area contributed by atoms with Gasteiger partial charge in [0.15, 0.2) is 6.10 Å². The Morgan fingerprint density at radius 2 is 1.96 bits per heavy atom. The van der Waals surface area contributed by atoms with E-state index in [-0.39, 0.29) is 25.3 Å². The maximum atomic E-state index is 13.3. The molecule has 1 aliphatic rings. The highest BCUT2D eigenvalue weighted by molar-refractivity contribution is 5.82. The second-order valence-electron chi connectivity index (χ2n) is 5.31. The maximum Gasteiger partial charge on any atom is 0.396 e. The van der Waals surface area contributed by atoms with E-state index in [4.69, 9.17) is 10.5 Å². The number of halogens is 3. The molecule has 0 radical (unpaired) electrons. The van der Waals surface area contributed by atoms with Crippen LogP contribution in [0.5, 0.6) is 0 Å². The predicted octanol–water partition coefficient (Wildman–Crippen LogP) is 1.44. The molecule has 0 aromatic heterocycles.